The van der Waals surface area contributed by atoms with Crippen molar-refractivity contribution in [1.82, 2.24) is 10.4 Å². The molecule has 1 aromatic carbocycles. The second-order valence-electron chi connectivity index (χ2n) is 5.32. The van der Waals surface area contributed by atoms with Crippen LogP contribution in [0.5, 0.6) is 5.75 Å². The number of benzene rings is 1. The minimum atomic E-state index is -0.592. The molecule has 1 N–H and O–H groups in total. The average Bonchev–Trinajstić information content (AvgIpc) is 3.10. The van der Waals surface area contributed by atoms with Crippen molar-refractivity contribution in [3.63, 3.8) is 0 Å². The topological polar surface area (TPSA) is 51.2 Å². The molecule has 0 spiro atoms. The van der Waals surface area contributed by atoms with Gasteiger partial charge in [0.05, 0.1) is 6.67 Å². The summed E-state index contributed by atoms with van der Waals surface area (Å²) < 4.78 is 5.74. The van der Waals surface area contributed by atoms with Gasteiger partial charge in [-0.25, -0.2) is 5.43 Å². The highest BCUT2D eigenvalue weighted by Crippen LogP contribution is 2.24. The first-order valence-electron chi connectivity index (χ1n) is 5.84. The van der Waals surface area contributed by atoms with Crippen LogP contribution in [0.25, 0.3) is 0 Å². The van der Waals surface area contributed by atoms with Gasteiger partial charge in [-0.15, -0.1) is 0 Å². The molecule has 2 rings (SSSR count). The fourth-order valence-electron chi connectivity index (χ4n) is 1.48. The number of carbonyl (C=O) groups is 1. The van der Waals surface area contributed by atoms with Gasteiger partial charge in [-0.05, 0) is 24.3 Å². The Morgan fingerprint density at radius 2 is 1.94 bits per heavy atom. The summed E-state index contributed by atoms with van der Waals surface area (Å²) in [6, 6.07) is 7.00. The average molecular weight is 269 g/mol. The van der Waals surface area contributed by atoms with E-state index >= 15 is 0 Å². The first kappa shape index (κ1) is 13.3. The van der Waals surface area contributed by atoms with Crippen LogP contribution in [0.15, 0.2) is 24.3 Å². The monoisotopic (exact) mass is 268 g/mol. The number of carbonyl (C=O) groups excluding carboxylic acids is 1. The normalized spacial score (nSPS) is 20.3. The van der Waals surface area contributed by atoms with Gasteiger partial charge in [-0.1, -0.05) is 32.4 Å². The van der Waals surface area contributed by atoms with E-state index < -0.39 is 11.6 Å². The molecular formula is C13H17ClN2O2. The van der Waals surface area contributed by atoms with Crippen LogP contribution in [0.2, 0.25) is 5.02 Å². The lowest BCUT2D eigenvalue weighted by molar-refractivity contribution is -0.138. The molecule has 5 heteroatoms. The summed E-state index contributed by atoms with van der Waals surface area (Å²) in [4.78, 5) is 12.3. The first-order valence-corrected chi connectivity index (χ1v) is 6.22. The zero-order valence-electron chi connectivity index (χ0n) is 10.7. The van der Waals surface area contributed by atoms with Crippen molar-refractivity contribution in [3.05, 3.63) is 29.3 Å². The highest BCUT2D eigenvalue weighted by atomic mass is 35.5. The molecule has 1 aromatic rings. The number of rotatable bonds is 4. The van der Waals surface area contributed by atoms with Crippen molar-refractivity contribution in [2.24, 2.45) is 5.41 Å². The zero-order valence-corrected chi connectivity index (χ0v) is 11.5. The Hall–Kier alpha value is -1.10. The fraction of sp³-hybridized carbons (Fsp3) is 0.462. The molecule has 0 aliphatic carbocycles. The third kappa shape index (κ3) is 3.22. The molecule has 1 saturated heterocycles. The number of Topliss-reactive ketones (excluding diaryl/α,β-unsaturated/α-hetero) is 1. The Morgan fingerprint density at radius 3 is 2.39 bits per heavy atom. The summed E-state index contributed by atoms with van der Waals surface area (Å²) in [5, 5.41) is 2.41. The van der Waals surface area contributed by atoms with Crippen molar-refractivity contribution in [3.8, 4) is 5.75 Å². The van der Waals surface area contributed by atoms with Crippen LogP contribution in [-0.4, -0.2) is 23.7 Å². The Morgan fingerprint density at radius 1 is 1.39 bits per heavy atom. The molecule has 0 bridgehead atoms. The molecule has 18 heavy (non-hydrogen) atoms. The highest BCUT2D eigenvalue weighted by Gasteiger charge is 2.40. The van der Waals surface area contributed by atoms with E-state index in [1.165, 1.54) is 0 Å². The number of ether oxygens (including phenoxy) is 1. The lowest BCUT2D eigenvalue weighted by Crippen LogP contribution is -2.42. The van der Waals surface area contributed by atoms with Gasteiger partial charge in [0.2, 0.25) is 6.23 Å². The second kappa shape index (κ2) is 4.88. The number of ketones is 1. The molecule has 1 aliphatic rings. The predicted octanol–water partition coefficient (Wildman–Crippen LogP) is 2.44. The van der Waals surface area contributed by atoms with Gasteiger partial charge >= 0.3 is 0 Å². The maximum atomic E-state index is 12.3. The molecule has 98 valence electrons. The summed E-state index contributed by atoms with van der Waals surface area (Å²) >= 11 is 5.81. The molecule has 2 unspecified atom stereocenters. The number of nitrogens with one attached hydrogen (secondary N) is 1. The third-order valence-corrected chi connectivity index (χ3v) is 2.90. The lowest BCUT2D eigenvalue weighted by Gasteiger charge is -2.25. The Balaban J connectivity index is 2.12. The van der Waals surface area contributed by atoms with E-state index in [2.05, 4.69) is 5.43 Å². The number of hydrogen-bond donors (Lipinski definition) is 1. The number of hydrogen-bond acceptors (Lipinski definition) is 4. The van der Waals surface area contributed by atoms with Crippen LogP contribution in [0.1, 0.15) is 20.8 Å². The predicted molar refractivity (Wildman–Crippen MR) is 70.2 cm³/mol. The second-order valence-corrected chi connectivity index (χ2v) is 5.76. The van der Waals surface area contributed by atoms with Gasteiger partial charge in [-0.2, -0.15) is 5.01 Å². The Kier molecular flexibility index (Phi) is 3.61. The molecule has 0 amide bonds. The van der Waals surface area contributed by atoms with Crippen LogP contribution in [0.3, 0.4) is 0 Å². The Bertz CT molecular complexity index is 435. The standard InChI is InChI=1S/C13H17ClN2O2/c1-13(2,3)11(17)12(16-8-15-16)18-10-6-4-9(14)5-7-10/h4-7,12,15H,8H2,1-3H3. The van der Waals surface area contributed by atoms with Gasteiger partial charge < -0.3 is 4.74 Å². The molecule has 1 fully saturated rings. The Labute approximate surface area is 112 Å². The number of nitrogens with zero attached hydrogens (tertiary/aromatic N) is 1. The largest absolute Gasteiger partial charge is 0.466 e. The molecule has 0 radical (unpaired) electrons. The van der Waals surface area contributed by atoms with Crippen molar-refractivity contribution in [2.45, 2.75) is 27.0 Å². The fourth-order valence-corrected chi connectivity index (χ4v) is 1.60. The van der Waals surface area contributed by atoms with Gasteiger partial charge in [0.1, 0.15) is 5.75 Å². The maximum absolute atomic E-state index is 12.3. The lowest BCUT2D eigenvalue weighted by atomic mass is 9.90. The third-order valence-electron chi connectivity index (χ3n) is 2.65. The van der Waals surface area contributed by atoms with Gasteiger partial charge in [0.25, 0.3) is 0 Å². The van der Waals surface area contributed by atoms with Gasteiger partial charge in [0, 0.05) is 10.4 Å². The number of hydrazine groups is 1. The van der Waals surface area contributed by atoms with E-state index in [0.29, 0.717) is 17.4 Å². The minimum Gasteiger partial charge on any atom is -0.466 e. The molecule has 4 nitrogen and oxygen atoms in total. The van der Waals surface area contributed by atoms with Gasteiger partial charge in [-0.3, -0.25) is 4.79 Å². The van der Waals surface area contributed by atoms with Crippen molar-refractivity contribution >= 4 is 17.4 Å². The van der Waals surface area contributed by atoms with E-state index in [4.69, 9.17) is 16.3 Å². The van der Waals surface area contributed by atoms with E-state index in [1.54, 1.807) is 29.3 Å². The minimum absolute atomic E-state index is 0.0439. The van der Waals surface area contributed by atoms with Crippen LogP contribution >= 0.6 is 11.6 Å². The molecular weight excluding hydrogens is 252 g/mol. The van der Waals surface area contributed by atoms with Crippen LogP contribution in [-0.2, 0) is 4.79 Å². The number of halogens is 1. The molecule has 2 atom stereocenters. The first-order chi connectivity index (χ1) is 8.38. The molecule has 0 aromatic heterocycles. The van der Waals surface area contributed by atoms with Crippen molar-refractivity contribution in [1.29, 1.82) is 0 Å². The quantitative estimate of drug-likeness (QED) is 0.852. The van der Waals surface area contributed by atoms with Crippen molar-refractivity contribution in [2.75, 3.05) is 6.67 Å². The van der Waals surface area contributed by atoms with Crippen molar-refractivity contribution < 1.29 is 9.53 Å². The smallest absolute Gasteiger partial charge is 0.226 e. The summed E-state index contributed by atoms with van der Waals surface area (Å²) in [6.07, 6.45) is -0.592. The SMILES string of the molecule is CC(C)(C)C(=O)C(Oc1ccc(Cl)cc1)N1CN1. The highest BCUT2D eigenvalue weighted by molar-refractivity contribution is 6.30. The maximum Gasteiger partial charge on any atom is 0.226 e. The van der Waals surface area contributed by atoms with E-state index in [1.807, 2.05) is 20.8 Å². The summed E-state index contributed by atoms with van der Waals surface area (Å²) in [5.74, 6) is 0.679. The zero-order chi connectivity index (χ0) is 13.3. The van der Waals surface area contributed by atoms with Crippen LogP contribution < -0.4 is 10.2 Å². The van der Waals surface area contributed by atoms with Gasteiger partial charge in [0.15, 0.2) is 5.78 Å². The molecule has 0 saturated carbocycles. The molecule has 1 heterocycles. The van der Waals surface area contributed by atoms with E-state index in [0.717, 1.165) is 0 Å². The van der Waals surface area contributed by atoms with E-state index in [-0.39, 0.29) is 5.78 Å². The van der Waals surface area contributed by atoms with Crippen LogP contribution in [0, 0.1) is 5.41 Å². The molecule has 1 aliphatic heterocycles. The summed E-state index contributed by atoms with van der Waals surface area (Å²) in [5.41, 5.74) is 2.54. The van der Waals surface area contributed by atoms with E-state index in [9.17, 15) is 4.79 Å². The van der Waals surface area contributed by atoms with Crippen LogP contribution in [0.4, 0.5) is 0 Å². The summed E-state index contributed by atoms with van der Waals surface area (Å²) in [7, 11) is 0. The summed E-state index contributed by atoms with van der Waals surface area (Å²) in [6.45, 7) is 6.32.